The Hall–Kier alpha value is -6.93. The number of fused-ring (bicyclic) bond motifs is 5. The third-order valence-corrected chi connectivity index (χ3v) is 9.88. The van der Waals surface area contributed by atoms with Crippen molar-refractivity contribution < 1.29 is 4.74 Å². The molecule has 0 fully saturated rings. The Bertz CT molecular complexity index is 2590. The van der Waals surface area contributed by atoms with E-state index in [2.05, 4.69) is 135 Å². The molecule has 2 unspecified atom stereocenters. The van der Waals surface area contributed by atoms with Crippen molar-refractivity contribution in [3.63, 3.8) is 0 Å². The first-order valence-corrected chi connectivity index (χ1v) is 17.5. The van der Waals surface area contributed by atoms with Crippen LogP contribution in [0.25, 0.3) is 38.6 Å². The van der Waals surface area contributed by atoms with Crippen LogP contribution in [0.4, 0.5) is 5.69 Å². The summed E-state index contributed by atoms with van der Waals surface area (Å²) in [5.74, 6) is 2.35. The number of para-hydroxylation sites is 1. The normalized spacial score (nSPS) is 17.7. The lowest BCUT2D eigenvalue weighted by Crippen LogP contribution is -2.40. The molecule has 52 heavy (non-hydrogen) atoms. The number of nitrogens with zero attached hydrogens (tertiary/aromatic N) is 4. The highest BCUT2D eigenvalue weighted by Crippen LogP contribution is 2.47. The number of hydrogen-bond donors (Lipinski definition) is 3. The van der Waals surface area contributed by atoms with Crippen molar-refractivity contribution in [3.05, 3.63) is 180 Å². The SMILES string of the molecule is C1=CC(C2N=C(c3ccc(-n4c5ccccc5c5c6c(ccc54)NC(c4ccccc4)O6)cc3)N=C(c3ccc(-c4ccncc4)cc3)N2)=CCN1. The fourth-order valence-corrected chi connectivity index (χ4v) is 7.30. The third-order valence-electron chi connectivity index (χ3n) is 9.88. The molecule has 5 aromatic carbocycles. The van der Waals surface area contributed by atoms with Gasteiger partial charge >= 0.3 is 0 Å². The van der Waals surface area contributed by atoms with E-state index in [9.17, 15) is 0 Å². The second-order valence-electron chi connectivity index (χ2n) is 13.0. The fourth-order valence-electron chi connectivity index (χ4n) is 7.30. The first-order valence-electron chi connectivity index (χ1n) is 17.5. The minimum absolute atomic E-state index is 0.237. The Balaban J connectivity index is 1.02. The van der Waals surface area contributed by atoms with Crippen LogP contribution in [0.2, 0.25) is 0 Å². The molecule has 0 bridgehead atoms. The largest absolute Gasteiger partial charge is 0.464 e. The van der Waals surface area contributed by atoms with Gasteiger partial charge in [0.2, 0.25) is 0 Å². The number of amidine groups is 2. The van der Waals surface area contributed by atoms with Gasteiger partial charge in [-0.1, -0.05) is 78.9 Å². The maximum Gasteiger partial charge on any atom is 0.196 e. The first kappa shape index (κ1) is 29.9. The Morgan fingerprint density at radius 1 is 0.673 bits per heavy atom. The first-order chi connectivity index (χ1) is 25.8. The van der Waals surface area contributed by atoms with Crippen molar-refractivity contribution in [1.82, 2.24) is 20.2 Å². The molecule has 10 rings (SSSR count). The Morgan fingerprint density at radius 3 is 2.23 bits per heavy atom. The summed E-state index contributed by atoms with van der Waals surface area (Å²) in [5, 5.41) is 12.7. The average molecular weight is 676 g/mol. The summed E-state index contributed by atoms with van der Waals surface area (Å²) in [6, 6.07) is 44.2. The number of dihydropyridines is 1. The lowest BCUT2D eigenvalue weighted by atomic mass is 10.0. The molecule has 8 heteroatoms. The van der Waals surface area contributed by atoms with E-state index in [1.807, 2.05) is 48.9 Å². The van der Waals surface area contributed by atoms with Crippen molar-refractivity contribution >= 4 is 39.2 Å². The van der Waals surface area contributed by atoms with Crippen LogP contribution < -0.4 is 20.7 Å². The molecule has 250 valence electrons. The molecular formula is C44H33N7O. The van der Waals surface area contributed by atoms with Crippen LogP contribution >= 0.6 is 0 Å². The van der Waals surface area contributed by atoms with Gasteiger partial charge in [0, 0.05) is 46.7 Å². The number of rotatable bonds is 6. The van der Waals surface area contributed by atoms with Crippen LogP contribution in [-0.2, 0) is 0 Å². The Kier molecular flexibility index (Phi) is 7.16. The molecule has 0 saturated carbocycles. The lowest BCUT2D eigenvalue weighted by Gasteiger charge is -2.25. The minimum atomic E-state index is -0.270. The van der Waals surface area contributed by atoms with Gasteiger partial charge in [0.15, 0.2) is 17.8 Å². The van der Waals surface area contributed by atoms with Crippen molar-refractivity contribution in [2.75, 3.05) is 11.9 Å². The third kappa shape index (κ3) is 5.20. The molecular weight excluding hydrogens is 643 g/mol. The topological polar surface area (TPSA) is 87.9 Å². The van der Waals surface area contributed by atoms with E-state index in [4.69, 9.17) is 14.7 Å². The van der Waals surface area contributed by atoms with Crippen LogP contribution in [-0.4, -0.2) is 33.9 Å². The summed E-state index contributed by atoms with van der Waals surface area (Å²) in [6.07, 6.45) is 9.33. The molecule has 0 spiro atoms. The van der Waals surface area contributed by atoms with Gasteiger partial charge in [-0.3, -0.25) is 4.98 Å². The van der Waals surface area contributed by atoms with Crippen LogP contribution in [0.3, 0.4) is 0 Å². The smallest absolute Gasteiger partial charge is 0.196 e. The van der Waals surface area contributed by atoms with Crippen LogP contribution in [0.15, 0.2) is 174 Å². The van der Waals surface area contributed by atoms with Gasteiger partial charge in [-0.2, -0.15) is 0 Å². The van der Waals surface area contributed by atoms with Crippen LogP contribution in [0, 0.1) is 0 Å². The van der Waals surface area contributed by atoms with E-state index < -0.39 is 0 Å². The predicted octanol–water partition coefficient (Wildman–Crippen LogP) is 8.51. The molecule has 2 atom stereocenters. The summed E-state index contributed by atoms with van der Waals surface area (Å²) in [6.45, 7) is 0.757. The number of nitrogens with one attached hydrogen (secondary N) is 3. The van der Waals surface area contributed by atoms with Gasteiger partial charge in [0.05, 0.1) is 22.1 Å². The highest BCUT2D eigenvalue weighted by Gasteiger charge is 2.28. The maximum atomic E-state index is 6.62. The summed E-state index contributed by atoms with van der Waals surface area (Å²) in [5.41, 5.74) is 10.6. The predicted molar refractivity (Wildman–Crippen MR) is 209 cm³/mol. The molecule has 0 aliphatic carbocycles. The number of pyridine rings is 1. The standard InChI is InChI=1S/C44H33N7O/c1-2-6-33(7-3-1)44-47-36-18-19-38-39(40(36)52-44)35-8-4-5-9-37(35)51(38)34-16-14-31(15-17-34)42-48-41(49-43(50-42)32-22-26-46-27-23-32)30-12-10-28(11-13-30)29-20-24-45-25-21-29/h1-26,43-44,46-47H,27H2,(H,48,49,50). The minimum Gasteiger partial charge on any atom is -0.464 e. The molecule has 3 N–H and O–H groups in total. The zero-order valence-electron chi connectivity index (χ0n) is 28.1. The molecule has 2 aromatic heterocycles. The highest BCUT2D eigenvalue weighted by atomic mass is 16.5. The molecule has 0 amide bonds. The van der Waals surface area contributed by atoms with Crippen LogP contribution in [0.5, 0.6) is 5.75 Å². The summed E-state index contributed by atoms with van der Waals surface area (Å²) in [7, 11) is 0. The van der Waals surface area contributed by atoms with Gasteiger partial charge in [-0.05, 0) is 83.6 Å². The monoisotopic (exact) mass is 675 g/mol. The second-order valence-corrected chi connectivity index (χ2v) is 13.0. The number of aliphatic imine (C=N–C) groups is 2. The Morgan fingerprint density at radius 2 is 1.42 bits per heavy atom. The van der Waals surface area contributed by atoms with Crippen molar-refractivity contribution in [3.8, 4) is 22.6 Å². The fraction of sp³-hybridized carbons (Fsp3) is 0.0682. The van der Waals surface area contributed by atoms with Crippen molar-refractivity contribution in [1.29, 1.82) is 0 Å². The summed E-state index contributed by atoms with van der Waals surface area (Å²) in [4.78, 5) is 14.4. The molecule has 5 heterocycles. The van der Waals surface area contributed by atoms with Crippen molar-refractivity contribution in [2.24, 2.45) is 9.98 Å². The van der Waals surface area contributed by atoms with Crippen molar-refractivity contribution in [2.45, 2.75) is 12.4 Å². The van der Waals surface area contributed by atoms with Gasteiger partial charge in [0.1, 0.15) is 12.0 Å². The molecule has 0 saturated heterocycles. The van der Waals surface area contributed by atoms with Gasteiger partial charge < -0.3 is 25.3 Å². The molecule has 0 radical (unpaired) electrons. The number of aromatic nitrogens is 2. The van der Waals surface area contributed by atoms with E-state index in [0.717, 1.165) is 84.7 Å². The van der Waals surface area contributed by atoms with E-state index in [1.54, 1.807) is 0 Å². The number of hydrogen-bond acceptors (Lipinski definition) is 7. The molecule has 7 aromatic rings. The van der Waals surface area contributed by atoms with E-state index >= 15 is 0 Å². The Labute approximate surface area is 300 Å². The van der Waals surface area contributed by atoms with Gasteiger partial charge in [0.25, 0.3) is 0 Å². The average Bonchev–Trinajstić information content (AvgIpc) is 3.82. The maximum absolute atomic E-state index is 6.62. The zero-order chi connectivity index (χ0) is 34.4. The zero-order valence-corrected chi connectivity index (χ0v) is 28.1. The summed E-state index contributed by atoms with van der Waals surface area (Å²) < 4.78 is 8.93. The second kappa shape index (κ2) is 12.4. The summed E-state index contributed by atoms with van der Waals surface area (Å²) >= 11 is 0. The molecule has 3 aliphatic heterocycles. The molecule has 3 aliphatic rings. The van der Waals surface area contributed by atoms with Gasteiger partial charge in [-0.15, -0.1) is 0 Å². The van der Waals surface area contributed by atoms with E-state index in [1.165, 1.54) is 0 Å². The number of anilines is 1. The van der Waals surface area contributed by atoms with Gasteiger partial charge in [-0.25, -0.2) is 9.98 Å². The quantitative estimate of drug-likeness (QED) is 0.165. The van der Waals surface area contributed by atoms with E-state index in [-0.39, 0.29) is 12.4 Å². The number of ether oxygens (including phenoxy) is 1. The van der Waals surface area contributed by atoms with E-state index in [0.29, 0.717) is 5.84 Å². The molecule has 8 nitrogen and oxygen atoms in total. The number of benzene rings is 5. The van der Waals surface area contributed by atoms with Crippen LogP contribution in [0.1, 0.15) is 22.9 Å². The highest BCUT2D eigenvalue weighted by molar-refractivity contribution is 6.15. The lowest BCUT2D eigenvalue weighted by molar-refractivity contribution is 0.263.